The highest BCUT2D eigenvalue weighted by Crippen LogP contribution is 2.38. The van der Waals surface area contributed by atoms with Crippen LogP contribution in [0.15, 0.2) is 81.2 Å². The van der Waals surface area contributed by atoms with E-state index in [0.717, 1.165) is 17.5 Å². The number of hydrogen-bond donors (Lipinski definition) is 2. The molecule has 2 aromatic heterocycles. The minimum absolute atomic E-state index is 0.105. The van der Waals surface area contributed by atoms with Crippen LogP contribution in [0.3, 0.4) is 0 Å². The van der Waals surface area contributed by atoms with Crippen molar-refractivity contribution in [2.75, 3.05) is 7.11 Å². The lowest BCUT2D eigenvalue weighted by Crippen LogP contribution is -2.20. The zero-order valence-corrected chi connectivity index (χ0v) is 18.5. The van der Waals surface area contributed by atoms with Gasteiger partial charge < -0.3 is 14.3 Å². The molecule has 0 saturated heterocycles. The van der Waals surface area contributed by atoms with Gasteiger partial charge in [-0.05, 0) is 48.0 Å². The van der Waals surface area contributed by atoms with Gasteiger partial charge in [0, 0.05) is 18.1 Å². The number of nitrogens with one attached hydrogen (secondary N) is 1. The van der Waals surface area contributed by atoms with Gasteiger partial charge >= 0.3 is 6.18 Å². The van der Waals surface area contributed by atoms with Crippen molar-refractivity contribution in [1.29, 1.82) is 0 Å². The maximum Gasteiger partial charge on any atom is 0.417 e. The third kappa shape index (κ3) is 4.76. The van der Waals surface area contributed by atoms with E-state index in [1.54, 1.807) is 18.3 Å². The molecule has 0 bridgehead atoms. The predicted molar refractivity (Wildman–Crippen MR) is 116 cm³/mol. The highest BCUT2D eigenvalue weighted by molar-refractivity contribution is 7.91. The molecule has 7 nitrogen and oxygen atoms in total. The van der Waals surface area contributed by atoms with Gasteiger partial charge in [-0.2, -0.15) is 13.2 Å². The largest absolute Gasteiger partial charge is 0.497 e. The zero-order chi connectivity index (χ0) is 24.5. The average molecular weight is 492 g/mol. The Kier molecular flexibility index (Phi) is 6.34. The van der Waals surface area contributed by atoms with Gasteiger partial charge in [0.1, 0.15) is 11.5 Å². The van der Waals surface area contributed by atoms with Crippen molar-refractivity contribution in [2.45, 2.75) is 28.7 Å². The van der Waals surface area contributed by atoms with Crippen LogP contribution in [0.2, 0.25) is 0 Å². The lowest BCUT2D eigenvalue weighted by atomic mass is 10.2. The van der Waals surface area contributed by atoms with Gasteiger partial charge in [-0.1, -0.05) is 12.1 Å². The number of ether oxygens (including phenoxy) is 1. The second kappa shape index (κ2) is 9.09. The van der Waals surface area contributed by atoms with Crippen molar-refractivity contribution in [3.8, 4) is 5.75 Å². The average Bonchev–Trinajstić information content (AvgIpc) is 3.26. The fourth-order valence-corrected chi connectivity index (χ4v) is 4.82. The monoisotopic (exact) mass is 492 g/mol. The second-order valence-corrected chi connectivity index (χ2v) is 9.27. The molecule has 4 rings (SSSR count). The summed E-state index contributed by atoms with van der Waals surface area (Å²) in [4.78, 5) is 2.79. The molecule has 1 unspecified atom stereocenters. The molecule has 0 aliphatic rings. The Hall–Kier alpha value is -3.41. The minimum atomic E-state index is -4.89. The number of hydrogen-bond acceptors (Lipinski definition) is 7. The van der Waals surface area contributed by atoms with E-state index in [2.05, 4.69) is 10.3 Å². The van der Waals surface area contributed by atoms with Crippen LogP contribution in [0.5, 0.6) is 5.75 Å². The summed E-state index contributed by atoms with van der Waals surface area (Å²) in [7, 11) is -3.26. The lowest BCUT2D eigenvalue weighted by molar-refractivity contribution is -0.140. The molecule has 0 amide bonds. The van der Waals surface area contributed by atoms with Crippen molar-refractivity contribution in [3.63, 3.8) is 0 Å². The number of aliphatic hydroxyl groups is 1. The maximum atomic E-state index is 13.5. The molecule has 4 aromatic rings. The van der Waals surface area contributed by atoms with Gasteiger partial charge in [0.15, 0.2) is 11.8 Å². The molecule has 0 saturated carbocycles. The minimum Gasteiger partial charge on any atom is -0.497 e. The van der Waals surface area contributed by atoms with Gasteiger partial charge in [-0.15, -0.1) is 0 Å². The number of halogens is 3. The molecule has 178 valence electrons. The van der Waals surface area contributed by atoms with Crippen molar-refractivity contribution >= 4 is 20.8 Å². The highest BCUT2D eigenvalue weighted by atomic mass is 32.2. The van der Waals surface area contributed by atoms with E-state index in [0.29, 0.717) is 17.2 Å². The molecule has 1 atom stereocenters. The highest BCUT2D eigenvalue weighted by Gasteiger charge is 2.38. The van der Waals surface area contributed by atoms with Crippen LogP contribution in [0.1, 0.15) is 23.1 Å². The first-order valence-electron chi connectivity index (χ1n) is 9.94. The standard InChI is InChI=1S/C23H19F3N2O5S/c1-32-16-4-7-21(18(11-16)23(24,25)26)34(30,31)17-5-2-14(3-6-17)12-28-22(29)19-10-15-8-9-27-13-20(15)33-19/h2-11,13,22,28-29H,12H2,1H3. The summed E-state index contributed by atoms with van der Waals surface area (Å²) in [6, 6.07) is 11.4. The summed E-state index contributed by atoms with van der Waals surface area (Å²) >= 11 is 0. The fourth-order valence-electron chi connectivity index (χ4n) is 3.36. The number of furan rings is 1. The van der Waals surface area contributed by atoms with Gasteiger partial charge in [-0.25, -0.2) is 8.42 Å². The number of methoxy groups -OCH3 is 1. The van der Waals surface area contributed by atoms with E-state index in [1.807, 2.05) is 0 Å². The van der Waals surface area contributed by atoms with E-state index in [9.17, 15) is 26.7 Å². The third-order valence-electron chi connectivity index (χ3n) is 5.13. The van der Waals surface area contributed by atoms with Gasteiger partial charge in [0.05, 0.1) is 28.7 Å². The Bertz CT molecular complexity index is 1380. The quantitative estimate of drug-likeness (QED) is 0.367. The first kappa shape index (κ1) is 23.7. The lowest BCUT2D eigenvalue weighted by Gasteiger charge is -2.15. The van der Waals surface area contributed by atoms with Gasteiger partial charge in [0.25, 0.3) is 0 Å². The topological polar surface area (TPSA) is 102 Å². The first-order chi connectivity index (χ1) is 16.1. The Morgan fingerprint density at radius 3 is 2.50 bits per heavy atom. The van der Waals surface area contributed by atoms with Crippen LogP contribution in [0.25, 0.3) is 11.0 Å². The summed E-state index contributed by atoms with van der Waals surface area (Å²) in [6.45, 7) is 0.146. The molecule has 2 aromatic carbocycles. The van der Waals surface area contributed by atoms with Crippen LogP contribution in [-0.2, 0) is 22.6 Å². The predicted octanol–water partition coefficient (Wildman–Crippen LogP) is 4.47. The molecule has 2 N–H and O–H groups in total. The molecule has 0 aliphatic carbocycles. The SMILES string of the molecule is COc1ccc(S(=O)(=O)c2ccc(CNC(O)c3cc4ccncc4o3)cc2)c(C(F)(F)F)c1. The smallest absolute Gasteiger partial charge is 0.417 e. The molecular formula is C23H19F3N2O5S. The van der Waals surface area contributed by atoms with Crippen LogP contribution in [0, 0.1) is 0 Å². The number of aliphatic hydroxyl groups excluding tert-OH is 1. The van der Waals surface area contributed by atoms with E-state index in [4.69, 9.17) is 9.15 Å². The molecule has 2 heterocycles. The molecule has 0 radical (unpaired) electrons. The second-order valence-electron chi connectivity index (χ2n) is 7.35. The third-order valence-corrected chi connectivity index (χ3v) is 6.95. The molecule has 0 spiro atoms. The Labute approximate surface area is 192 Å². The van der Waals surface area contributed by atoms with Crippen molar-refractivity contribution < 1.29 is 35.8 Å². The van der Waals surface area contributed by atoms with Crippen LogP contribution in [-0.4, -0.2) is 25.6 Å². The molecule has 11 heteroatoms. The summed E-state index contributed by atoms with van der Waals surface area (Å²) in [6.07, 6.45) is -2.90. The summed E-state index contributed by atoms with van der Waals surface area (Å²) in [5.74, 6) is 0.174. The van der Waals surface area contributed by atoms with E-state index in [1.165, 1.54) is 37.6 Å². The van der Waals surface area contributed by atoms with Crippen LogP contribution >= 0.6 is 0 Å². The Balaban J connectivity index is 1.52. The number of nitrogens with zero attached hydrogens (tertiary/aromatic N) is 1. The number of alkyl halides is 3. The summed E-state index contributed by atoms with van der Waals surface area (Å²) in [5.41, 5.74) is -0.187. The normalized spacial score (nSPS) is 13.2. The van der Waals surface area contributed by atoms with Crippen LogP contribution < -0.4 is 10.1 Å². The molecule has 34 heavy (non-hydrogen) atoms. The van der Waals surface area contributed by atoms with Crippen molar-refractivity contribution in [2.24, 2.45) is 0 Å². The number of sulfone groups is 1. The Morgan fingerprint density at radius 2 is 1.85 bits per heavy atom. The van der Waals surface area contributed by atoms with Crippen LogP contribution in [0.4, 0.5) is 13.2 Å². The van der Waals surface area contributed by atoms with E-state index < -0.39 is 32.7 Å². The summed E-state index contributed by atoms with van der Waals surface area (Å²) in [5, 5.41) is 13.9. The Morgan fingerprint density at radius 1 is 1.12 bits per heavy atom. The number of fused-ring (bicyclic) bond motifs is 1. The number of pyridine rings is 1. The molecular weight excluding hydrogens is 473 g/mol. The van der Waals surface area contributed by atoms with Crippen molar-refractivity contribution in [1.82, 2.24) is 10.3 Å². The molecule has 0 fully saturated rings. The first-order valence-corrected chi connectivity index (χ1v) is 11.4. The van der Waals surface area contributed by atoms with Crippen molar-refractivity contribution in [3.05, 3.63) is 83.9 Å². The zero-order valence-electron chi connectivity index (χ0n) is 17.7. The van der Waals surface area contributed by atoms with E-state index >= 15 is 0 Å². The number of aromatic nitrogens is 1. The van der Waals surface area contributed by atoms with Gasteiger partial charge in [0.2, 0.25) is 9.84 Å². The molecule has 0 aliphatic heterocycles. The fraction of sp³-hybridized carbons (Fsp3) is 0.174. The maximum absolute atomic E-state index is 13.5. The van der Waals surface area contributed by atoms with E-state index in [-0.39, 0.29) is 22.9 Å². The number of benzene rings is 2. The number of rotatable bonds is 7. The summed E-state index contributed by atoms with van der Waals surface area (Å²) < 4.78 is 76.7. The van der Waals surface area contributed by atoms with Gasteiger partial charge in [-0.3, -0.25) is 10.3 Å².